The highest BCUT2D eigenvalue weighted by molar-refractivity contribution is 7.80. The molecule has 19 heavy (non-hydrogen) atoms. The molecule has 2 N–H and O–H groups in total. The lowest BCUT2D eigenvalue weighted by Crippen LogP contribution is -2.42. The Morgan fingerprint density at radius 3 is 3.00 bits per heavy atom. The van der Waals surface area contributed by atoms with Crippen LogP contribution >= 0.6 is 12.2 Å². The van der Waals surface area contributed by atoms with Crippen LogP contribution in [0.15, 0.2) is 18.2 Å². The van der Waals surface area contributed by atoms with Crippen molar-refractivity contribution in [1.82, 2.24) is 10.6 Å². The van der Waals surface area contributed by atoms with Crippen LogP contribution in [0.5, 0.6) is 11.5 Å². The maximum atomic E-state index is 5.33. The van der Waals surface area contributed by atoms with Gasteiger partial charge in [0, 0.05) is 19.7 Å². The molecule has 1 atom stereocenters. The highest BCUT2D eigenvalue weighted by Gasteiger charge is 2.13. The molecule has 0 fully saturated rings. The summed E-state index contributed by atoms with van der Waals surface area (Å²) in [4.78, 5) is 0. The summed E-state index contributed by atoms with van der Waals surface area (Å²) in [6.07, 6.45) is 0. The van der Waals surface area contributed by atoms with Gasteiger partial charge in [-0.2, -0.15) is 0 Å². The van der Waals surface area contributed by atoms with Crippen molar-refractivity contribution in [2.24, 2.45) is 0 Å². The fraction of sp³-hybridized carbons (Fsp3) is 0.462. The average molecular weight is 282 g/mol. The van der Waals surface area contributed by atoms with Crippen molar-refractivity contribution < 1.29 is 14.2 Å². The highest BCUT2D eigenvalue weighted by Crippen LogP contribution is 2.32. The van der Waals surface area contributed by atoms with Crippen molar-refractivity contribution in [3.63, 3.8) is 0 Å². The number of methoxy groups -OCH3 is 1. The first-order chi connectivity index (χ1) is 9.19. The number of hydrogen-bond donors (Lipinski definition) is 2. The minimum absolute atomic E-state index is 0.182. The Kier molecular flexibility index (Phi) is 4.81. The molecule has 0 bridgehead atoms. The predicted octanol–water partition coefficient (Wildman–Crippen LogP) is 1.41. The molecule has 1 aromatic carbocycles. The van der Waals surface area contributed by atoms with E-state index in [0.29, 0.717) is 25.1 Å². The van der Waals surface area contributed by atoms with Crippen LogP contribution < -0.4 is 20.1 Å². The number of rotatable bonds is 5. The van der Waals surface area contributed by atoms with E-state index in [1.54, 1.807) is 7.11 Å². The zero-order chi connectivity index (χ0) is 13.7. The normalized spacial score (nSPS) is 14.0. The van der Waals surface area contributed by atoms with Crippen molar-refractivity contribution in [2.75, 3.05) is 20.5 Å². The van der Waals surface area contributed by atoms with E-state index in [-0.39, 0.29) is 6.04 Å². The van der Waals surface area contributed by atoms with Gasteiger partial charge in [0.1, 0.15) is 0 Å². The van der Waals surface area contributed by atoms with Crippen LogP contribution in [0.1, 0.15) is 12.5 Å². The van der Waals surface area contributed by atoms with E-state index in [4.69, 9.17) is 26.4 Å². The molecular formula is C13H18N2O3S. The van der Waals surface area contributed by atoms with Gasteiger partial charge < -0.3 is 24.8 Å². The maximum Gasteiger partial charge on any atom is 0.231 e. The number of fused-ring (bicyclic) bond motifs is 1. The third-order valence-electron chi connectivity index (χ3n) is 2.68. The molecule has 1 aliphatic rings. The Morgan fingerprint density at radius 1 is 1.42 bits per heavy atom. The molecule has 6 heteroatoms. The molecule has 0 saturated heterocycles. The standard InChI is InChI=1S/C13H18N2O3S/c1-9(7-16-2)15-13(19)14-6-10-3-4-11-12(5-10)18-8-17-11/h3-5,9H,6-8H2,1-2H3,(H2,14,15,19). The highest BCUT2D eigenvalue weighted by atomic mass is 32.1. The quantitative estimate of drug-likeness (QED) is 0.797. The fourth-order valence-electron chi connectivity index (χ4n) is 1.80. The van der Waals surface area contributed by atoms with E-state index in [9.17, 15) is 0 Å². The summed E-state index contributed by atoms with van der Waals surface area (Å²) in [5.41, 5.74) is 1.09. The molecule has 1 heterocycles. The lowest BCUT2D eigenvalue weighted by atomic mass is 10.2. The molecule has 2 rings (SSSR count). The molecular weight excluding hydrogens is 264 g/mol. The lowest BCUT2D eigenvalue weighted by Gasteiger charge is -2.16. The summed E-state index contributed by atoms with van der Waals surface area (Å²) in [7, 11) is 1.67. The first-order valence-corrected chi connectivity index (χ1v) is 6.51. The van der Waals surface area contributed by atoms with Crippen molar-refractivity contribution in [2.45, 2.75) is 19.5 Å². The molecule has 0 radical (unpaired) electrons. The van der Waals surface area contributed by atoms with E-state index in [2.05, 4.69) is 10.6 Å². The van der Waals surface area contributed by atoms with E-state index in [0.717, 1.165) is 17.1 Å². The van der Waals surface area contributed by atoms with Crippen LogP contribution in [0.4, 0.5) is 0 Å². The molecule has 0 amide bonds. The van der Waals surface area contributed by atoms with E-state index in [1.165, 1.54) is 0 Å². The third-order valence-corrected chi connectivity index (χ3v) is 2.95. The molecule has 0 saturated carbocycles. The summed E-state index contributed by atoms with van der Waals surface area (Å²) in [6, 6.07) is 6.03. The van der Waals surface area contributed by atoms with Gasteiger partial charge in [-0.1, -0.05) is 6.07 Å². The van der Waals surface area contributed by atoms with E-state index >= 15 is 0 Å². The number of thiocarbonyl (C=S) groups is 1. The monoisotopic (exact) mass is 282 g/mol. The largest absolute Gasteiger partial charge is 0.454 e. The van der Waals surface area contributed by atoms with Crippen LogP contribution in [0.3, 0.4) is 0 Å². The van der Waals surface area contributed by atoms with Crippen molar-refractivity contribution in [3.05, 3.63) is 23.8 Å². The minimum atomic E-state index is 0.182. The van der Waals surface area contributed by atoms with Crippen LogP contribution in [0.2, 0.25) is 0 Å². The van der Waals surface area contributed by atoms with Gasteiger partial charge in [0.25, 0.3) is 0 Å². The zero-order valence-corrected chi connectivity index (χ0v) is 11.9. The second kappa shape index (κ2) is 6.58. The summed E-state index contributed by atoms with van der Waals surface area (Å²) in [5.74, 6) is 1.57. The van der Waals surface area contributed by atoms with Gasteiger partial charge in [-0.3, -0.25) is 0 Å². The van der Waals surface area contributed by atoms with E-state index in [1.807, 2.05) is 25.1 Å². The Morgan fingerprint density at radius 2 is 2.21 bits per heavy atom. The molecule has 1 aliphatic heterocycles. The molecule has 0 aliphatic carbocycles. The zero-order valence-electron chi connectivity index (χ0n) is 11.1. The van der Waals surface area contributed by atoms with Gasteiger partial charge in [0.2, 0.25) is 6.79 Å². The van der Waals surface area contributed by atoms with Gasteiger partial charge in [-0.15, -0.1) is 0 Å². The maximum absolute atomic E-state index is 5.33. The number of benzene rings is 1. The Hall–Kier alpha value is -1.53. The van der Waals surface area contributed by atoms with Gasteiger partial charge in [0.15, 0.2) is 16.6 Å². The SMILES string of the molecule is COCC(C)NC(=S)NCc1ccc2c(c1)OCO2. The summed E-state index contributed by atoms with van der Waals surface area (Å²) < 4.78 is 15.6. The molecule has 0 aromatic heterocycles. The third kappa shape index (κ3) is 3.97. The fourth-order valence-corrected chi connectivity index (χ4v) is 2.07. The first kappa shape index (κ1) is 13.9. The van der Waals surface area contributed by atoms with Gasteiger partial charge >= 0.3 is 0 Å². The van der Waals surface area contributed by atoms with Crippen molar-refractivity contribution in [1.29, 1.82) is 0 Å². The van der Waals surface area contributed by atoms with E-state index < -0.39 is 0 Å². The summed E-state index contributed by atoms with van der Waals surface area (Å²) in [5, 5.41) is 6.90. The minimum Gasteiger partial charge on any atom is -0.454 e. The molecule has 0 spiro atoms. The predicted molar refractivity (Wildman–Crippen MR) is 76.5 cm³/mol. The van der Waals surface area contributed by atoms with Crippen LogP contribution in [-0.2, 0) is 11.3 Å². The van der Waals surface area contributed by atoms with Gasteiger partial charge in [-0.05, 0) is 36.8 Å². The molecule has 104 valence electrons. The van der Waals surface area contributed by atoms with Crippen LogP contribution in [0, 0.1) is 0 Å². The first-order valence-electron chi connectivity index (χ1n) is 6.11. The number of ether oxygens (including phenoxy) is 3. The van der Waals surface area contributed by atoms with Crippen LogP contribution in [0.25, 0.3) is 0 Å². The Labute approximate surface area is 118 Å². The Balaban J connectivity index is 1.80. The smallest absolute Gasteiger partial charge is 0.231 e. The van der Waals surface area contributed by atoms with Crippen molar-refractivity contribution in [3.8, 4) is 11.5 Å². The Bertz CT molecular complexity index is 454. The summed E-state index contributed by atoms with van der Waals surface area (Å²) in [6.45, 7) is 3.56. The number of hydrogen-bond acceptors (Lipinski definition) is 4. The number of nitrogens with one attached hydrogen (secondary N) is 2. The lowest BCUT2D eigenvalue weighted by molar-refractivity contribution is 0.174. The molecule has 5 nitrogen and oxygen atoms in total. The summed E-state index contributed by atoms with van der Waals surface area (Å²) >= 11 is 5.21. The molecule has 1 aromatic rings. The second-order valence-electron chi connectivity index (χ2n) is 4.37. The van der Waals surface area contributed by atoms with Crippen molar-refractivity contribution >= 4 is 17.3 Å². The van der Waals surface area contributed by atoms with Gasteiger partial charge in [0.05, 0.1) is 6.61 Å². The van der Waals surface area contributed by atoms with Gasteiger partial charge in [-0.25, -0.2) is 0 Å². The average Bonchev–Trinajstić information content (AvgIpc) is 2.83. The molecule has 1 unspecified atom stereocenters. The topological polar surface area (TPSA) is 51.8 Å². The second-order valence-corrected chi connectivity index (χ2v) is 4.78. The van der Waals surface area contributed by atoms with Crippen LogP contribution in [-0.4, -0.2) is 31.7 Å².